The van der Waals surface area contributed by atoms with Crippen LogP contribution in [0.3, 0.4) is 0 Å². The summed E-state index contributed by atoms with van der Waals surface area (Å²) >= 11 is 0. The molecule has 0 spiro atoms. The first-order valence-corrected chi connectivity index (χ1v) is 6.81. The summed E-state index contributed by atoms with van der Waals surface area (Å²) in [5.74, 6) is 0. The van der Waals surface area contributed by atoms with Gasteiger partial charge in [-0.2, -0.15) is 0 Å². The van der Waals surface area contributed by atoms with Crippen LogP contribution >= 0.6 is 0 Å². The van der Waals surface area contributed by atoms with Gasteiger partial charge in [0.2, 0.25) is 0 Å². The Hall–Kier alpha value is -1.60. The van der Waals surface area contributed by atoms with E-state index in [4.69, 9.17) is 0 Å². The first kappa shape index (κ1) is 15.8. The molecule has 0 nitrogen and oxygen atoms in total. The van der Waals surface area contributed by atoms with Gasteiger partial charge in [-0.25, -0.2) is 0 Å². The average Bonchev–Trinajstić information content (AvgIpc) is 2.55. The molecule has 3 aromatic rings. The standard InChI is InChI=1S/C20H16.Na.H/c1-3-9-17(10-4-1)15-16-19-13-7-8-14-20(19)18-11-5-2-6-12-18;;/h1-16H;;/q;+1;-1. The quantitative estimate of drug-likeness (QED) is 0.511. The number of benzene rings is 3. The van der Waals surface area contributed by atoms with Crippen LogP contribution in [0.2, 0.25) is 0 Å². The second kappa shape index (κ2) is 7.99. The summed E-state index contributed by atoms with van der Waals surface area (Å²) in [5, 5.41) is 0. The van der Waals surface area contributed by atoms with Gasteiger partial charge < -0.3 is 1.43 Å². The van der Waals surface area contributed by atoms with Crippen LogP contribution in [0.25, 0.3) is 23.3 Å². The van der Waals surface area contributed by atoms with Gasteiger partial charge in [0, 0.05) is 0 Å². The molecular weight excluding hydrogens is 263 g/mol. The second-order valence-corrected chi connectivity index (χ2v) is 4.70. The third-order valence-corrected chi connectivity index (χ3v) is 3.30. The maximum Gasteiger partial charge on any atom is 1.00 e. The molecule has 0 saturated heterocycles. The van der Waals surface area contributed by atoms with Gasteiger partial charge in [0.15, 0.2) is 0 Å². The van der Waals surface area contributed by atoms with E-state index in [0.29, 0.717) is 0 Å². The Labute approximate surface area is 149 Å². The average molecular weight is 280 g/mol. The maximum absolute atomic E-state index is 2.18. The summed E-state index contributed by atoms with van der Waals surface area (Å²) in [7, 11) is 0. The molecule has 0 radical (unpaired) electrons. The van der Waals surface area contributed by atoms with Crippen molar-refractivity contribution in [2.45, 2.75) is 0 Å². The minimum atomic E-state index is 0. The molecule has 0 saturated carbocycles. The van der Waals surface area contributed by atoms with Gasteiger partial charge in [-0.05, 0) is 22.3 Å². The topological polar surface area (TPSA) is 0 Å². The maximum atomic E-state index is 2.18. The fourth-order valence-electron chi connectivity index (χ4n) is 2.27. The summed E-state index contributed by atoms with van der Waals surface area (Å²) in [5.41, 5.74) is 4.97. The molecule has 0 aliphatic heterocycles. The third kappa shape index (κ3) is 4.18. The van der Waals surface area contributed by atoms with Crippen molar-refractivity contribution in [1.29, 1.82) is 0 Å². The van der Waals surface area contributed by atoms with Gasteiger partial charge in [0.05, 0.1) is 0 Å². The van der Waals surface area contributed by atoms with Crippen molar-refractivity contribution >= 4 is 12.2 Å². The minimum absolute atomic E-state index is 0. The fourth-order valence-corrected chi connectivity index (χ4v) is 2.27. The summed E-state index contributed by atoms with van der Waals surface area (Å²) in [6.07, 6.45) is 4.33. The Balaban J connectivity index is 0.00000121. The molecule has 98 valence electrons. The molecule has 0 aliphatic carbocycles. The first-order chi connectivity index (χ1) is 9.93. The van der Waals surface area contributed by atoms with E-state index >= 15 is 0 Å². The molecule has 1 heteroatoms. The normalized spacial score (nSPS) is 10.3. The van der Waals surface area contributed by atoms with Crippen LogP contribution in [0.4, 0.5) is 0 Å². The van der Waals surface area contributed by atoms with Gasteiger partial charge >= 0.3 is 29.6 Å². The van der Waals surface area contributed by atoms with E-state index in [1.807, 2.05) is 12.1 Å². The molecule has 0 N–H and O–H groups in total. The molecule has 0 heterocycles. The van der Waals surface area contributed by atoms with E-state index in [2.05, 4.69) is 84.9 Å². The van der Waals surface area contributed by atoms with Crippen LogP contribution in [-0.2, 0) is 0 Å². The molecular formula is C20H17Na. The molecule has 3 rings (SSSR count). The van der Waals surface area contributed by atoms with Gasteiger partial charge in [-0.3, -0.25) is 0 Å². The summed E-state index contributed by atoms with van der Waals surface area (Å²) in [6.45, 7) is 0. The predicted octanol–water partition coefficient (Wildman–Crippen LogP) is 2.64. The van der Waals surface area contributed by atoms with Crippen LogP contribution in [0.15, 0.2) is 84.9 Å². The van der Waals surface area contributed by atoms with Crippen LogP contribution in [-0.4, -0.2) is 0 Å². The molecule has 0 amide bonds. The molecule has 0 bridgehead atoms. The SMILES string of the molecule is C(=Cc1ccccc1-c1ccccc1)c1ccccc1.[H-].[Na+]. The molecule has 21 heavy (non-hydrogen) atoms. The molecule has 3 aromatic carbocycles. The van der Waals surface area contributed by atoms with Gasteiger partial charge in [0.1, 0.15) is 0 Å². The van der Waals surface area contributed by atoms with Gasteiger partial charge in [-0.1, -0.05) is 97.1 Å². The van der Waals surface area contributed by atoms with Crippen molar-refractivity contribution in [3.63, 3.8) is 0 Å². The van der Waals surface area contributed by atoms with Crippen molar-refractivity contribution in [1.82, 2.24) is 0 Å². The largest absolute Gasteiger partial charge is 1.00 e. The summed E-state index contributed by atoms with van der Waals surface area (Å²) in [4.78, 5) is 0. The van der Waals surface area contributed by atoms with E-state index in [-0.39, 0.29) is 31.0 Å². The Bertz CT molecular complexity index is 706. The van der Waals surface area contributed by atoms with Crippen molar-refractivity contribution in [3.8, 4) is 11.1 Å². The zero-order chi connectivity index (χ0) is 13.6. The van der Waals surface area contributed by atoms with Crippen molar-refractivity contribution < 1.29 is 31.0 Å². The molecule has 0 aromatic heterocycles. The number of hydrogen-bond acceptors (Lipinski definition) is 0. The number of hydrogen-bond donors (Lipinski definition) is 0. The minimum Gasteiger partial charge on any atom is -1.00 e. The van der Waals surface area contributed by atoms with Gasteiger partial charge in [0.25, 0.3) is 0 Å². The van der Waals surface area contributed by atoms with Crippen molar-refractivity contribution in [2.75, 3.05) is 0 Å². The van der Waals surface area contributed by atoms with Gasteiger partial charge in [-0.15, -0.1) is 0 Å². The zero-order valence-electron chi connectivity index (χ0n) is 13.2. The van der Waals surface area contributed by atoms with Crippen molar-refractivity contribution in [3.05, 3.63) is 96.1 Å². The predicted molar refractivity (Wildman–Crippen MR) is 88.4 cm³/mol. The van der Waals surface area contributed by atoms with Crippen LogP contribution in [0.1, 0.15) is 12.6 Å². The zero-order valence-corrected chi connectivity index (χ0v) is 14.2. The second-order valence-electron chi connectivity index (χ2n) is 4.70. The smallest absolute Gasteiger partial charge is 1.00 e. The number of rotatable bonds is 3. The van der Waals surface area contributed by atoms with E-state index < -0.39 is 0 Å². The summed E-state index contributed by atoms with van der Waals surface area (Å²) < 4.78 is 0. The van der Waals surface area contributed by atoms with E-state index in [0.717, 1.165) is 0 Å². The van der Waals surface area contributed by atoms with Crippen LogP contribution in [0, 0.1) is 0 Å². The van der Waals surface area contributed by atoms with E-state index in [9.17, 15) is 0 Å². The molecule has 0 fully saturated rings. The fraction of sp³-hybridized carbons (Fsp3) is 0. The monoisotopic (exact) mass is 280 g/mol. The Morgan fingerprint density at radius 3 is 1.86 bits per heavy atom. The Morgan fingerprint density at radius 1 is 0.571 bits per heavy atom. The van der Waals surface area contributed by atoms with E-state index in [1.54, 1.807) is 0 Å². The summed E-state index contributed by atoms with van der Waals surface area (Å²) in [6, 6.07) is 29.4. The van der Waals surface area contributed by atoms with E-state index in [1.165, 1.54) is 22.3 Å². The van der Waals surface area contributed by atoms with Crippen LogP contribution < -0.4 is 29.6 Å². The third-order valence-electron chi connectivity index (χ3n) is 3.30. The van der Waals surface area contributed by atoms with Crippen LogP contribution in [0.5, 0.6) is 0 Å². The van der Waals surface area contributed by atoms with Crippen molar-refractivity contribution in [2.24, 2.45) is 0 Å². The Morgan fingerprint density at radius 2 is 1.14 bits per heavy atom. The first-order valence-electron chi connectivity index (χ1n) is 6.81. The molecule has 0 aliphatic rings. The molecule has 0 atom stereocenters. The Kier molecular flexibility index (Phi) is 6.01. The molecule has 0 unspecified atom stereocenters.